The number of allylic oxidation sites excluding steroid dienone is 3. The predicted molar refractivity (Wildman–Crippen MR) is 239 cm³/mol. The normalized spacial score (nSPS) is 12.8. The first-order chi connectivity index (χ1) is 31.4. The Balaban J connectivity index is 1.58. The van der Waals surface area contributed by atoms with E-state index >= 15 is 0 Å². The molecule has 0 spiro atoms. The zero-order valence-electron chi connectivity index (χ0n) is 37.1. The number of carbonyl (C=O) groups is 6. The third-order valence-corrected chi connectivity index (χ3v) is 9.78. The van der Waals surface area contributed by atoms with Crippen LogP contribution in [0.3, 0.4) is 0 Å². The average molecular weight is 912 g/mol. The molecule has 0 aliphatic rings. The molecule has 0 fully saturated rings. The predicted octanol–water partition coefficient (Wildman–Crippen LogP) is 1.45. The number of carbonyl (C=O) groups excluding carboxylic acids is 5. The van der Waals surface area contributed by atoms with Crippen LogP contribution in [-0.2, 0) is 38.8 Å². The number of nitrogens with one attached hydrogen (secondary N) is 4. The van der Waals surface area contributed by atoms with Gasteiger partial charge in [-0.05, 0) is 70.5 Å². The van der Waals surface area contributed by atoms with E-state index in [2.05, 4.69) is 30.4 Å². The summed E-state index contributed by atoms with van der Waals surface area (Å²) in [5.41, 5.74) is 20.1. The number of H-pyrrole nitrogens is 2. The lowest BCUT2D eigenvalue weighted by Crippen LogP contribution is -2.33. The number of carboxylic acids is 1. The minimum Gasteiger partial charge on any atom is -0.494 e. The molecule has 23 heteroatoms. The van der Waals surface area contributed by atoms with Crippen molar-refractivity contribution in [2.24, 2.45) is 27.2 Å². The number of nitrogens with zero attached hydrogens (tertiary/aromatic N) is 6. The third-order valence-electron chi connectivity index (χ3n) is 9.78. The second-order valence-corrected chi connectivity index (χ2v) is 14.8. The Labute approximate surface area is 376 Å². The highest BCUT2D eigenvalue weighted by atomic mass is 16.5. The number of ether oxygens (including phenoxy) is 3. The SMILES string of the molecule is CCN/C(=C\C(C)=N)C(=O)/N=c1/[nH]c2cc(C(N)=O)cc(OC)c2n1C/C=C/Cn1/c(=N/C(=O)c2cc(C)nn2CC)[nH]c2cc(C(N)=O)cc(OCCCOC(=O)[C@@H](N)CCC(=O)O)c21. The molecule has 0 unspecified atom stereocenters. The number of imidazole rings is 2. The zero-order valence-corrected chi connectivity index (χ0v) is 37.1. The molecule has 11 N–H and O–H groups in total. The van der Waals surface area contributed by atoms with Gasteiger partial charge in [0.25, 0.3) is 11.8 Å². The number of aliphatic carboxylic acids is 1. The molecule has 0 radical (unpaired) electrons. The van der Waals surface area contributed by atoms with Gasteiger partial charge >= 0.3 is 11.9 Å². The molecule has 5 rings (SSSR count). The number of esters is 1. The minimum absolute atomic E-state index is 0.0259. The molecule has 5 aromatic rings. The van der Waals surface area contributed by atoms with Crippen LogP contribution in [0.1, 0.15) is 76.9 Å². The first-order valence-corrected chi connectivity index (χ1v) is 20.8. The van der Waals surface area contributed by atoms with Crippen molar-refractivity contribution in [1.82, 2.24) is 34.2 Å². The van der Waals surface area contributed by atoms with E-state index in [0.717, 1.165) is 0 Å². The quantitative estimate of drug-likeness (QED) is 0.0160. The molecule has 3 aromatic heterocycles. The summed E-state index contributed by atoms with van der Waals surface area (Å²) < 4.78 is 21.8. The van der Waals surface area contributed by atoms with Crippen LogP contribution < -0.4 is 43.2 Å². The van der Waals surface area contributed by atoms with Gasteiger partial charge in [0.15, 0.2) is 0 Å². The minimum atomic E-state index is -1.12. The summed E-state index contributed by atoms with van der Waals surface area (Å²) in [6.45, 7) is 7.67. The Bertz CT molecular complexity index is 2910. The number of carboxylic acid groups (broad SMARTS) is 1. The maximum atomic E-state index is 13.8. The lowest BCUT2D eigenvalue weighted by atomic mass is 10.1. The molecule has 3 heterocycles. The fourth-order valence-electron chi connectivity index (χ4n) is 6.77. The van der Waals surface area contributed by atoms with Crippen LogP contribution in [0.4, 0.5) is 0 Å². The maximum absolute atomic E-state index is 13.8. The van der Waals surface area contributed by atoms with Gasteiger partial charge in [-0.25, -0.2) is 0 Å². The van der Waals surface area contributed by atoms with E-state index in [4.69, 9.17) is 41.9 Å². The van der Waals surface area contributed by atoms with Crippen LogP contribution in [0.15, 0.2) is 64.2 Å². The molecule has 4 amide bonds. The standard InChI is InChI=1S/C43H53N13O10/c1-6-48-30(17-23(3)44)39(61)51-42-49-28-19-25(37(46)59)21-32(64-5)35(28)54(42)13-8-9-14-55-36-29(50-43(55)52-40(62)31-18-24(4)53-56(31)7-2)20-26(38(47)60)22-33(36)65-15-10-16-66-41(63)27(45)11-12-34(57)58/h8-9,17-22,27,44,48H,6-7,10-16,45H2,1-5H3,(H2,46,59)(H2,47,60)(H,57,58)(H,49,51,61)(H,50,52,62)/b9-8+,30-17-,44-23?/t27-/m0/s1. The molecule has 0 aliphatic heterocycles. The number of hydrogen-bond acceptors (Lipinski definition) is 13. The number of fused-ring (bicyclic) bond motifs is 2. The van der Waals surface area contributed by atoms with Crippen LogP contribution in [0.5, 0.6) is 11.5 Å². The fourth-order valence-corrected chi connectivity index (χ4v) is 6.77. The molecule has 0 saturated carbocycles. The molecule has 0 aliphatic carbocycles. The summed E-state index contributed by atoms with van der Waals surface area (Å²) in [5.74, 6) is -4.19. The lowest BCUT2D eigenvalue weighted by Gasteiger charge is -2.13. The summed E-state index contributed by atoms with van der Waals surface area (Å²) in [6.07, 6.45) is 4.65. The van der Waals surface area contributed by atoms with Crippen LogP contribution >= 0.6 is 0 Å². The Morgan fingerprint density at radius 1 is 0.909 bits per heavy atom. The van der Waals surface area contributed by atoms with Crippen molar-refractivity contribution >= 4 is 63.3 Å². The van der Waals surface area contributed by atoms with Gasteiger partial charge in [-0.2, -0.15) is 15.1 Å². The number of rotatable bonds is 22. The largest absolute Gasteiger partial charge is 0.494 e. The van der Waals surface area contributed by atoms with Gasteiger partial charge in [-0.15, -0.1) is 0 Å². The van der Waals surface area contributed by atoms with E-state index < -0.39 is 41.6 Å². The fraction of sp³-hybridized carbons (Fsp3) is 0.349. The third kappa shape index (κ3) is 11.9. The molecule has 66 heavy (non-hydrogen) atoms. The number of benzene rings is 2. The number of amides is 4. The van der Waals surface area contributed by atoms with Crippen LogP contribution in [0, 0.1) is 12.3 Å². The number of hydrogen-bond donors (Lipinski definition) is 8. The smallest absolute Gasteiger partial charge is 0.322 e. The Morgan fingerprint density at radius 2 is 1.50 bits per heavy atom. The van der Waals surface area contributed by atoms with E-state index in [1.165, 1.54) is 49.1 Å². The summed E-state index contributed by atoms with van der Waals surface area (Å²) >= 11 is 0. The first kappa shape index (κ1) is 48.9. The number of aromatic nitrogens is 6. The topological polar surface area (TPSA) is 348 Å². The van der Waals surface area contributed by atoms with Gasteiger partial charge in [-0.3, -0.25) is 33.4 Å². The number of aromatic amines is 2. The van der Waals surface area contributed by atoms with Gasteiger partial charge in [-0.1, -0.05) is 12.2 Å². The average Bonchev–Trinajstić information content (AvgIpc) is 3.94. The summed E-state index contributed by atoms with van der Waals surface area (Å²) in [7, 11) is 1.42. The van der Waals surface area contributed by atoms with E-state index in [9.17, 15) is 28.8 Å². The maximum Gasteiger partial charge on any atom is 0.322 e. The first-order valence-electron chi connectivity index (χ1n) is 20.8. The van der Waals surface area contributed by atoms with Crippen LogP contribution in [0.25, 0.3) is 22.1 Å². The second kappa shape index (κ2) is 22.0. The van der Waals surface area contributed by atoms with Gasteiger partial charge < -0.3 is 66.3 Å². The Hall–Kier alpha value is -8.08. The van der Waals surface area contributed by atoms with Gasteiger partial charge in [0.1, 0.15) is 40.0 Å². The van der Waals surface area contributed by atoms with Crippen molar-refractivity contribution in [3.05, 3.63) is 88.0 Å². The molecule has 1 atom stereocenters. The number of likely N-dealkylation sites (N-methyl/N-ethyl adjacent to an activating group) is 1. The highest BCUT2D eigenvalue weighted by Gasteiger charge is 2.21. The van der Waals surface area contributed by atoms with Crippen LogP contribution in [-0.4, -0.2) is 108 Å². The zero-order chi connectivity index (χ0) is 48.2. The van der Waals surface area contributed by atoms with E-state index in [0.29, 0.717) is 40.9 Å². The number of methoxy groups -OCH3 is 1. The van der Waals surface area contributed by atoms with Crippen molar-refractivity contribution in [3.63, 3.8) is 0 Å². The van der Waals surface area contributed by atoms with Crippen molar-refractivity contribution in [1.29, 1.82) is 5.41 Å². The molecule has 2 aromatic carbocycles. The Kier molecular flexibility index (Phi) is 16.3. The Morgan fingerprint density at radius 3 is 2.05 bits per heavy atom. The highest BCUT2D eigenvalue weighted by molar-refractivity contribution is 6.02. The van der Waals surface area contributed by atoms with E-state index in [1.54, 1.807) is 41.2 Å². The van der Waals surface area contributed by atoms with Gasteiger partial charge in [0.05, 0.1) is 37.1 Å². The number of nitrogens with two attached hydrogens (primary N) is 3. The van der Waals surface area contributed by atoms with Crippen molar-refractivity contribution < 1.29 is 48.1 Å². The lowest BCUT2D eigenvalue weighted by molar-refractivity contribution is -0.146. The van der Waals surface area contributed by atoms with Gasteiger partial charge in [0.2, 0.25) is 23.1 Å². The monoisotopic (exact) mass is 911 g/mol. The second-order valence-electron chi connectivity index (χ2n) is 14.8. The van der Waals surface area contributed by atoms with E-state index in [-0.39, 0.29) is 96.5 Å². The van der Waals surface area contributed by atoms with Crippen LogP contribution in [0.2, 0.25) is 0 Å². The summed E-state index contributed by atoms with van der Waals surface area (Å²) in [4.78, 5) is 90.2. The van der Waals surface area contributed by atoms with Crippen molar-refractivity contribution in [2.75, 3.05) is 26.9 Å². The molecule has 350 valence electrons. The van der Waals surface area contributed by atoms with Crippen molar-refractivity contribution in [2.45, 2.75) is 72.6 Å². The van der Waals surface area contributed by atoms with Gasteiger partial charge in [0, 0.05) is 55.9 Å². The number of primary amides is 2. The summed E-state index contributed by atoms with van der Waals surface area (Å²) in [5, 5.41) is 24.1. The molecule has 0 bridgehead atoms. The highest BCUT2D eigenvalue weighted by Crippen LogP contribution is 2.28. The molecular weight excluding hydrogens is 859 g/mol. The summed E-state index contributed by atoms with van der Waals surface area (Å²) in [6, 6.07) is 6.40. The molecule has 0 saturated heterocycles. The number of aryl methyl sites for hydroxylation is 2. The van der Waals surface area contributed by atoms with E-state index in [1.807, 2.05) is 6.92 Å². The molecular formula is C43H53N13O10. The molecule has 23 nitrogen and oxygen atoms in total. The van der Waals surface area contributed by atoms with Crippen molar-refractivity contribution in [3.8, 4) is 11.5 Å².